The molecular formula is C9H7NO2. The molecule has 12 heavy (non-hydrogen) atoms. The van der Waals surface area contributed by atoms with Crippen LogP contribution in [-0.2, 0) is 0 Å². The molecule has 0 amide bonds. The molecule has 60 valence electrons. The lowest BCUT2D eigenvalue weighted by atomic mass is 10.2. The highest BCUT2D eigenvalue weighted by molar-refractivity contribution is 6.02. The normalized spacial score (nSPS) is 15.0. The smallest absolute Gasteiger partial charge is 0.337 e. The van der Waals surface area contributed by atoms with E-state index in [1.54, 1.807) is 0 Å². The maximum atomic E-state index is 10.9. The number of carbonyl (C=O) groups is 1. The summed E-state index contributed by atoms with van der Waals surface area (Å²) >= 11 is 0. The van der Waals surface area contributed by atoms with Gasteiger partial charge in [-0.2, -0.15) is 0 Å². The first kappa shape index (κ1) is 3.76. The van der Waals surface area contributed by atoms with Gasteiger partial charge in [0.25, 0.3) is 0 Å². The number of benzene rings is 1. The highest BCUT2D eigenvalue weighted by Gasteiger charge is 2.08. The van der Waals surface area contributed by atoms with Gasteiger partial charge in [0.2, 0.25) is 0 Å². The third kappa shape index (κ3) is 0.871. The van der Waals surface area contributed by atoms with Crippen molar-refractivity contribution in [1.82, 2.24) is 4.98 Å². The second-order valence-electron chi connectivity index (χ2n) is 2.26. The SMILES string of the molecule is [2H]c1cc2[nH]c([2H])c(C(=O)O)c2c([2H])c1[2H]. The Morgan fingerprint density at radius 1 is 1.58 bits per heavy atom. The Balaban J connectivity index is 2.98. The average Bonchev–Trinajstić information content (AvgIpc) is 2.51. The fraction of sp³-hybridized carbons (Fsp3) is 0. The number of aromatic nitrogens is 1. The minimum Gasteiger partial charge on any atom is -0.478 e. The first-order valence-electron chi connectivity index (χ1n) is 5.26. The molecule has 3 nitrogen and oxygen atoms in total. The van der Waals surface area contributed by atoms with Gasteiger partial charge in [-0.1, -0.05) is 18.1 Å². The zero-order valence-corrected chi connectivity index (χ0v) is 5.93. The van der Waals surface area contributed by atoms with E-state index in [4.69, 9.17) is 10.6 Å². The molecule has 0 saturated heterocycles. The van der Waals surface area contributed by atoms with Crippen LogP contribution in [0.5, 0.6) is 0 Å². The highest BCUT2D eigenvalue weighted by atomic mass is 16.4. The molecule has 1 heterocycles. The summed E-state index contributed by atoms with van der Waals surface area (Å²) in [6, 6.07) is 0.402. The number of hydrogen-bond donors (Lipinski definition) is 2. The van der Waals surface area contributed by atoms with Gasteiger partial charge in [-0.05, 0) is 6.07 Å². The molecule has 0 atom stereocenters. The second kappa shape index (κ2) is 2.37. The van der Waals surface area contributed by atoms with E-state index in [0.717, 1.165) is 0 Å². The minimum absolute atomic E-state index is 0.0125. The summed E-state index contributed by atoms with van der Waals surface area (Å²) < 4.78 is 29.9. The molecule has 2 aromatic rings. The lowest BCUT2D eigenvalue weighted by Crippen LogP contribution is -1.92. The van der Waals surface area contributed by atoms with Gasteiger partial charge < -0.3 is 10.1 Å². The lowest BCUT2D eigenvalue weighted by molar-refractivity contribution is 0.0699. The predicted octanol–water partition coefficient (Wildman–Crippen LogP) is 1.87. The Hall–Kier alpha value is -1.77. The molecule has 0 unspecified atom stereocenters. The number of aromatic carboxylic acids is 1. The Morgan fingerprint density at radius 2 is 2.42 bits per heavy atom. The molecule has 0 spiro atoms. The summed E-state index contributed by atoms with van der Waals surface area (Å²) in [6.45, 7) is 0. The number of rotatable bonds is 1. The van der Waals surface area contributed by atoms with Crippen molar-refractivity contribution in [3.05, 3.63) is 35.9 Å². The van der Waals surface area contributed by atoms with E-state index in [2.05, 4.69) is 4.98 Å². The maximum absolute atomic E-state index is 10.9. The van der Waals surface area contributed by atoms with E-state index in [-0.39, 0.29) is 40.8 Å². The number of para-hydroxylation sites is 1. The zero-order chi connectivity index (χ0) is 12.0. The topological polar surface area (TPSA) is 53.1 Å². The second-order valence-corrected chi connectivity index (χ2v) is 2.26. The summed E-state index contributed by atoms with van der Waals surface area (Å²) in [4.78, 5) is 13.4. The number of nitrogens with one attached hydrogen (secondary N) is 1. The van der Waals surface area contributed by atoms with Crippen LogP contribution in [-0.4, -0.2) is 16.1 Å². The molecule has 0 radical (unpaired) electrons. The van der Waals surface area contributed by atoms with E-state index in [9.17, 15) is 4.79 Å². The number of aromatic amines is 1. The first-order chi connectivity index (χ1) is 7.43. The van der Waals surface area contributed by atoms with Crippen LogP contribution in [0.4, 0.5) is 0 Å². The summed E-state index contributed by atoms with van der Waals surface area (Å²) in [5, 5.41) is 8.92. The van der Waals surface area contributed by atoms with Crippen LogP contribution in [0.2, 0.25) is 0 Å². The first-order valence-corrected chi connectivity index (χ1v) is 3.26. The summed E-state index contributed by atoms with van der Waals surface area (Å²) in [7, 11) is 0. The third-order valence-electron chi connectivity index (χ3n) is 1.53. The van der Waals surface area contributed by atoms with E-state index in [1.165, 1.54) is 6.07 Å². The third-order valence-corrected chi connectivity index (χ3v) is 1.53. The van der Waals surface area contributed by atoms with Crippen LogP contribution in [0, 0.1) is 0 Å². The molecule has 0 fully saturated rings. The van der Waals surface area contributed by atoms with Gasteiger partial charge in [-0.3, -0.25) is 0 Å². The molecule has 0 aliphatic rings. The molecule has 0 aliphatic heterocycles. The van der Waals surface area contributed by atoms with Gasteiger partial charge in [0.1, 0.15) is 0 Å². The zero-order valence-electron chi connectivity index (χ0n) is 9.93. The van der Waals surface area contributed by atoms with Crippen molar-refractivity contribution in [3.8, 4) is 0 Å². The highest BCUT2D eigenvalue weighted by Crippen LogP contribution is 2.16. The molecule has 1 aromatic carbocycles. The van der Waals surface area contributed by atoms with E-state index in [1.807, 2.05) is 0 Å². The van der Waals surface area contributed by atoms with E-state index >= 15 is 0 Å². The predicted molar refractivity (Wildman–Crippen MR) is 45.3 cm³/mol. The maximum Gasteiger partial charge on any atom is 0.337 e. The standard InChI is InChI=1S/C9H7NO2/c11-9(12)7-5-10-8-4-2-1-3-6(7)8/h1-5,10H,(H,11,12)/i1D,2D,3D,5D. The molecule has 2 rings (SSSR count). The molecule has 0 saturated carbocycles. The van der Waals surface area contributed by atoms with Gasteiger partial charge in [-0.15, -0.1) is 0 Å². The van der Waals surface area contributed by atoms with Gasteiger partial charge >= 0.3 is 5.97 Å². The fourth-order valence-electron chi connectivity index (χ4n) is 0.995. The van der Waals surface area contributed by atoms with E-state index in [0.29, 0.717) is 0 Å². The van der Waals surface area contributed by atoms with Crippen LogP contribution in [0.15, 0.2) is 30.4 Å². The Bertz CT molecular complexity index is 605. The number of hydrogen-bond acceptors (Lipinski definition) is 1. The van der Waals surface area contributed by atoms with Gasteiger partial charge in [0.15, 0.2) is 0 Å². The van der Waals surface area contributed by atoms with Gasteiger partial charge in [0.05, 0.1) is 11.0 Å². The molecular weight excluding hydrogens is 154 g/mol. The fourth-order valence-corrected chi connectivity index (χ4v) is 0.995. The van der Waals surface area contributed by atoms with Crippen LogP contribution in [0.1, 0.15) is 15.8 Å². The van der Waals surface area contributed by atoms with Crippen molar-refractivity contribution in [2.75, 3.05) is 0 Å². The van der Waals surface area contributed by atoms with Crippen molar-refractivity contribution < 1.29 is 15.4 Å². The van der Waals surface area contributed by atoms with Crippen molar-refractivity contribution >= 4 is 16.9 Å². The monoisotopic (exact) mass is 165 g/mol. The van der Waals surface area contributed by atoms with Crippen LogP contribution in [0.25, 0.3) is 10.9 Å². The number of carboxylic acids is 1. The molecule has 3 heteroatoms. The molecule has 0 aliphatic carbocycles. The molecule has 0 bridgehead atoms. The van der Waals surface area contributed by atoms with Gasteiger partial charge in [0, 0.05) is 17.1 Å². The summed E-state index contributed by atoms with van der Waals surface area (Å²) in [6.07, 6.45) is -0.319. The van der Waals surface area contributed by atoms with Crippen molar-refractivity contribution in [3.63, 3.8) is 0 Å². The van der Waals surface area contributed by atoms with E-state index < -0.39 is 5.97 Å². The minimum atomic E-state index is -1.32. The van der Waals surface area contributed by atoms with Crippen LogP contribution < -0.4 is 0 Å². The Morgan fingerprint density at radius 3 is 3.17 bits per heavy atom. The number of fused-ring (bicyclic) bond motifs is 1. The van der Waals surface area contributed by atoms with Gasteiger partial charge in [-0.25, -0.2) is 4.79 Å². The van der Waals surface area contributed by atoms with Crippen molar-refractivity contribution in [1.29, 1.82) is 0 Å². The molecule has 2 N–H and O–H groups in total. The van der Waals surface area contributed by atoms with Crippen LogP contribution in [0.3, 0.4) is 0 Å². The summed E-state index contributed by atoms with van der Waals surface area (Å²) in [5.41, 5.74) is -0.0955. The average molecular weight is 165 g/mol. The number of H-pyrrole nitrogens is 1. The largest absolute Gasteiger partial charge is 0.478 e. The number of carboxylic acid groups (broad SMARTS) is 1. The molecule has 1 aromatic heterocycles. The Kier molecular flexibility index (Phi) is 0.743. The van der Waals surface area contributed by atoms with Crippen molar-refractivity contribution in [2.45, 2.75) is 0 Å². The summed E-state index contributed by atoms with van der Waals surface area (Å²) in [5.74, 6) is -1.32. The van der Waals surface area contributed by atoms with Crippen LogP contribution >= 0.6 is 0 Å². The Labute approximate surface area is 74.3 Å². The lowest BCUT2D eigenvalue weighted by Gasteiger charge is -1.89. The quantitative estimate of drug-likeness (QED) is 0.677. The van der Waals surface area contributed by atoms with Crippen molar-refractivity contribution in [2.24, 2.45) is 0 Å².